The molecule has 0 aliphatic carbocycles. The molecule has 2 aromatic heterocycles. The normalized spacial score (nSPS) is 17.2. The van der Waals surface area contributed by atoms with Gasteiger partial charge in [0.25, 0.3) is 0 Å². The zero-order valence-electron chi connectivity index (χ0n) is 20.7. The smallest absolute Gasteiger partial charge is 0.144 e. The van der Waals surface area contributed by atoms with Crippen LogP contribution in [0.4, 0.5) is 0 Å². The molecule has 2 aliphatic heterocycles. The van der Waals surface area contributed by atoms with Crippen LogP contribution in [0.5, 0.6) is 5.75 Å². The van der Waals surface area contributed by atoms with E-state index >= 15 is 0 Å². The summed E-state index contributed by atoms with van der Waals surface area (Å²) in [4.78, 5) is 7.21. The largest absolute Gasteiger partial charge is 0.482 e. The minimum absolute atomic E-state index is 0.142. The van der Waals surface area contributed by atoms with Crippen LogP contribution in [0.1, 0.15) is 28.4 Å². The van der Waals surface area contributed by atoms with E-state index in [2.05, 4.69) is 38.1 Å². The van der Waals surface area contributed by atoms with Crippen molar-refractivity contribution in [2.24, 2.45) is 0 Å². The molecule has 1 atom stereocenters. The Kier molecular flexibility index (Phi) is 7.41. The molecule has 0 radical (unpaired) electrons. The van der Waals surface area contributed by atoms with E-state index in [0.29, 0.717) is 23.1 Å². The van der Waals surface area contributed by atoms with Crippen molar-refractivity contribution in [3.8, 4) is 5.75 Å². The first-order chi connectivity index (χ1) is 18.5. The minimum Gasteiger partial charge on any atom is -0.482 e. The highest BCUT2D eigenvalue weighted by atomic mass is 35.5. The Balaban J connectivity index is 1.38. The van der Waals surface area contributed by atoms with Gasteiger partial charge in [0.05, 0.1) is 29.8 Å². The third-order valence-corrected chi connectivity index (χ3v) is 8.08. The molecular weight excluding hydrogens is 536 g/mol. The summed E-state index contributed by atoms with van der Waals surface area (Å²) in [5.41, 5.74) is 5.20. The van der Waals surface area contributed by atoms with Gasteiger partial charge in [-0.25, -0.2) is 0 Å². The molecule has 1 N–H and O–H groups in total. The SMILES string of the molecule is S=C(NCc1ccc(Cl)cc1)c1cn2c3c(cc(CN4CCOCC4)cc3c1=S)OC(c1ccncc1)C2. The number of aromatic nitrogens is 2. The van der Waals surface area contributed by atoms with Gasteiger partial charge in [0.1, 0.15) is 16.8 Å². The second-order valence-corrected chi connectivity index (χ2v) is 10.9. The van der Waals surface area contributed by atoms with Crippen LogP contribution in [-0.4, -0.2) is 45.7 Å². The number of halogens is 1. The quantitative estimate of drug-likeness (QED) is 0.296. The standard InChI is InChI=1S/C29H27ClN4O2S2/c30-22-3-1-19(2-4-22)15-32-29(38)24-17-34-18-26(21-5-7-31-8-6-21)36-25-14-20(13-23(27(25)34)28(24)37)16-33-9-11-35-12-10-33/h1-8,13-14,17,26H,9-12,15-16,18H2,(H,32,38). The summed E-state index contributed by atoms with van der Waals surface area (Å²) >= 11 is 17.9. The molecule has 0 saturated carbocycles. The van der Waals surface area contributed by atoms with E-state index in [1.807, 2.05) is 36.4 Å². The van der Waals surface area contributed by atoms with Crippen LogP contribution in [0.25, 0.3) is 10.9 Å². The van der Waals surface area contributed by atoms with E-state index in [9.17, 15) is 0 Å². The fourth-order valence-corrected chi connectivity index (χ4v) is 5.79. The predicted octanol–water partition coefficient (Wildman–Crippen LogP) is 5.85. The maximum Gasteiger partial charge on any atom is 0.144 e. The lowest BCUT2D eigenvalue weighted by Gasteiger charge is -2.31. The molecule has 1 fully saturated rings. The van der Waals surface area contributed by atoms with Crippen LogP contribution in [0.2, 0.25) is 5.02 Å². The summed E-state index contributed by atoms with van der Waals surface area (Å²) in [5.74, 6) is 0.844. The Bertz CT molecular complexity index is 1540. The monoisotopic (exact) mass is 562 g/mol. The number of nitrogens with one attached hydrogen (secondary N) is 1. The Labute approximate surface area is 237 Å². The van der Waals surface area contributed by atoms with Gasteiger partial charge >= 0.3 is 0 Å². The topological polar surface area (TPSA) is 51.6 Å². The molecule has 0 amide bonds. The Morgan fingerprint density at radius 3 is 2.58 bits per heavy atom. The number of thiocarbonyl (C=S) groups is 1. The molecule has 194 valence electrons. The third kappa shape index (κ3) is 5.32. The van der Waals surface area contributed by atoms with E-state index in [4.69, 9.17) is 45.5 Å². The highest BCUT2D eigenvalue weighted by Gasteiger charge is 2.26. The van der Waals surface area contributed by atoms with Crippen LogP contribution < -0.4 is 10.1 Å². The number of rotatable bonds is 6. The highest BCUT2D eigenvalue weighted by molar-refractivity contribution is 7.80. The van der Waals surface area contributed by atoms with Gasteiger partial charge in [0.15, 0.2) is 0 Å². The lowest BCUT2D eigenvalue weighted by Crippen LogP contribution is -2.35. The summed E-state index contributed by atoms with van der Waals surface area (Å²) in [6.07, 6.45) is 5.54. The van der Waals surface area contributed by atoms with Gasteiger partial charge in [0.2, 0.25) is 0 Å². The van der Waals surface area contributed by atoms with Gasteiger partial charge in [-0.15, -0.1) is 0 Å². The van der Waals surface area contributed by atoms with Crippen molar-refractivity contribution >= 4 is 51.9 Å². The first-order valence-corrected chi connectivity index (χ1v) is 13.8. The fraction of sp³-hybridized carbons (Fsp3) is 0.276. The van der Waals surface area contributed by atoms with Crippen molar-refractivity contribution in [3.05, 3.63) is 98.9 Å². The molecule has 9 heteroatoms. The molecule has 4 heterocycles. The van der Waals surface area contributed by atoms with E-state index < -0.39 is 0 Å². The van der Waals surface area contributed by atoms with Crippen LogP contribution in [0.15, 0.2) is 67.1 Å². The second kappa shape index (κ2) is 11.1. The Morgan fingerprint density at radius 2 is 1.82 bits per heavy atom. The van der Waals surface area contributed by atoms with Crippen molar-refractivity contribution in [1.29, 1.82) is 0 Å². The van der Waals surface area contributed by atoms with Crippen molar-refractivity contribution in [1.82, 2.24) is 19.8 Å². The average molecular weight is 563 g/mol. The highest BCUT2D eigenvalue weighted by Crippen LogP contribution is 2.38. The first kappa shape index (κ1) is 25.4. The van der Waals surface area contributed by atoms with Gasteiger partial charge in [-0.2, -0.15) is 0 Å². The van der Waals surface area contributed by atoms with Gasteiger partial charge < -0.3 is 19.4 Å². The molecule has 1 saturated heterocycles. The molecule has 1 unspecified atom stereocenters. The van der Waals surface area contributed by atoms with Crippen LogP contribution in [0, 0.1) is 4.51 Å². The second-order valence-electron chi connectivity index (χ2n) is 9.60. The molecule has 38 heavy (non-hydrogen) atoms. The van der Waals surface area contributed by atoms with Crippen molar-refractivity contribution in [3.63, 3.8) is 0 Å². The predicted molar refractivity (Wildman–Crippen MR) is 156 cm³/mol. The first-order valence-electron chi connectivity index (χ1n) is 12.6. The molecule has 2 aromatic carbocycles. The fourth-order valence-electron chi connectivity index (χ4n) is 5.06. The zero-order chi connectivity index (χ0) is 26.1. The lowest BCUT2D eigenvalue weighted by atomic mass is 10.0. The van der Waals surface area contributed by atoms with Crippen molar-refractivity contribution in [2.45, 2.75) is 25.7 Å². The zero-order valence-corrected chi connectivity index (χ0v) is 23.1. The van der Waals surface area contributed by atoms with Crippen LogP contribution in [-0.2, 0) is 24.4 Å². The number of ether oxygens (including phenoxy) is 2. The molecule has 2 aliphatic rings. The summed E-state index contributed by atoms with van der Waals surface area (Å²) in [6, 6.07) is 16.1. The van der Waals surface area contributed by atoms with Gasteiger partial charge in [-0.3, -0.25) is 9.88 Å². The molecule has 0 bridgehead atoms. The van der Waals surface area contributed by atoms with Gasteiger partial charge in [-0.05, 0) is 53.1 Å². The van der Waals surface area contributed by atoms with E-state index in [-0.39, 0.29) is 6.10 Å². The van der Waals surface area contributed by atoms with Crippen LogP contribution >= 0.6 is 36.0 Å². The summed E-state index contributed by atoms with van der Waals surface area (Å²) in [6.45, 7) is 5.39. The van der Waals surface area contributed by atoms with E-state index in [1.54, 1.807) is 12.4 Å². The van der Waals surface area contributed by atoms with E-state index in [0.717, 1.165) is 70.7 Å². The number of pyridine rings is 2. The average Bonchev–Trinajstić information content (AvgIpc) is 2.95. The number of benzene rings is 2. The van der Waals surface area contributed by atoms with Gasteiger partial charge in [-0.1, -0.05) is 48.2 Å². The van der Waals surface area contributed by atoms with Gasteiger partial charge in [0, 0.05) is 60.7 Å². The lowest BCUT2D eigenvalue weighted by molar-refractivity contribution is 0.0341. The molecule has 6 rings (SSSR count). The Hall–Kier alpha value is -2.88. The molecule has 6 nitrogen and oxygen atoms in total. The molecule has 0 spiro atoms. The summed E-state index contributed by atoms with van der Waals surface area (Å²) < 4.78 is 15.1. The minimum atomic E-state index is -0.142. The molecular formula is C29H27ClN4O2S2. The maximum absolute atomic E-state index is 6.59. The number of nitrogens with zero attached hydrogens (tertiary/aromatic N) is 3. The summed E-state index contributed by atoms with van der Waals surface area (Å²) in [7, 11) is 0. The van der Waals surface area contributed by atoms with Crippen molar-refractivity contribution < 1.29 is 9.47 Å². The summed E-state index contributed by atoms with van der Waals surface area (Å²) in [5, 5.41) is 5.09. The maximum atomic E-state index is 6.59. The van der Waals surface area contributed by atoms with Crippen LogP contribution in [0.3, 0.4) is 0 Å². The Morgan fingerprint density at radius 1 is 1.05 bits per heavy atom. The van der Waals surface area contributed by atoms with E-state index in [1.165, 1.54) is 5.56 Å². The third-order valence-electron chi connectivity index (χ3n) is 7.03. The number of hydrogen-bond donors (Lipinski definition) is 1. The molecule has 4 aromatic rings. The number of morpholine rings is 1. The van der Waals surface area contributed by atoms with Crippen molar-refractivity contribution in [2.75, 3.05) is 26.3 Å². The number of hydrogen-bond acceptors (Lipinski definition) is 6.